The van der Waals surface area contributed by atoms with Crippen molar-refractivity contribution in [3.63, 3.8) is 0 Å². The van der Waals surface area contributed by atoms with E-state index in [1.54, 1.807) is 26.0 Å². The van der Waals surface area contributed by atoms with Crippen LogP contribution < -0.4 is 35.7 Å². The number of rotatable bonds is 1. The van der Waals surface area contributed by atoms with Crippen molar-refractivity contribution in [2.45, 2.75) is 18.7 Å². The fourth-order valence-corrected chi connectivity index (χ4v) is 1.78. The molecule has 0 heterocycles. The maximum absolute atomic E-state index is 10.7. The van der Waals surface area contributed by atoms with Gasteiger partial charge in [0.15, 0.2) is 0 Å². The first-order valence-corrected chi connectivity index (χ1v) is 4.86. The molecule has 0 atom stereocenters. The molecular formula is C8H13ClNNaO3S. The molecule has 0 spiro atoms. The van der Waals surface area contributed by atoms with E-state index in [-0.39, 0.29) is 53.0 Å². The molecular weight excluding hydrogens is 249 g/mol. The molecule has 0 aliphatic carbocycles. The molecule has 0 radical (unpaired) electrons. The molecule has 0 saturated heterocycles. The quantitative estimate of drug-likeness (QED) is 0.507. The Labute approximate surface area is 118 Å². The topological polar surface area (TPSA) is 92.2 Å². The summed E-state index contributed by atoms with van der Waals surface area (Å²) in [4.78, 5) is -0.123. The van der Waals surface area contributed by atoms with Crippen LogP contribution in [-0.2, 0) is 10.1 Å². The fraction of sp³-hybridized carbons (Fsp3) is 0.250. The van der Waals surface area contributed by atoms with Gasteiger partial charge >= 0.3 is 29.6 Å². The number of aryl methyl sites for hydroxylation is 1. The first kappa shape index (κ1) is 20.8. The molecule has 0 amide bonds. The second kappa shape index (κ2) is 7.62. The average molecular weight is 262 g/mol. The van der Waals surface area contributed by atoms with E-state index < -0.39 is 10.1 Å². The standard InChI is InChI=1S/C8H10O3S.ClH.H3N.Na/c1-6-4-3-5-8(7(6)2)12(9,10)11;;;/h3-5H,1-2H3,(H,9,10,11);1H;1H3;/q;;;+1/p-1. The van der Waals surface area contributed by atoms with Crippen molar-refractivity contribution in [3.8, 4) is 0 Å². The van der Waals surface area contributed by atoms with Gasteiger partial charge in [0.05, 0.1) is 4.90 Å². The molecule has 7 heteroatoms. The van der Waals surface area contributed by atoms with Gasteiger partial charge in [0.1, 0.15) is 10.1 Å². The Morgan fingerprint density at radius 2 is 1.67 bits per heavy atom. The summed E-state index contributed by atoms with van der Waals surface area (Å²) in [5.74, 6) is 0. The van der Waals surface area contributed by atoms with Gasteiger partial charge in [-0.15, -0.1) is 12.4 Å². The van der Waals surface area contributed by atoms with Gasteiger partial charge in [0.2, 0.25) is 0 Å². The van der Waals surface area contributed by atoms with Crippen LogP contribution in [0.5, 0.6) is 0 Å². The maximum atomic E-state index is 10.7. The monoisotopic (exact) mass is 261 g/mol. The van der Waals surface area contributed by atoms with Crippen molar-refractivity contribution in [1.82, 2.24) is 6.15 Å². The van der Waals surface area contributed by atoms with Crippen molar-refractivity contribution >= 4 is 22.5 Å². The first-order valence-electron chi connectivity index (χ1n) is 3.45. The summed E-state index contributed by atoms with van der Waals surface area (Å²) in [6.45, 7) is 3.39. The third kappa shape index (κ3) is 5.31. The molecule has 1 rings (SSSR count). The number of benzene rings is 1. The largest absolute Gasteiger partial charge is 1.00 e. The molecule has 1 aromatic rings. The van der Waals surface area contributed by atoms with E-state index in [4.69, 9.17) is 0 Å². The van der Waals surface area contributed by atoms with Crippen molar-refractivity contribution in [1.29, 1.82) is 0 Å². The second-order valence-electron chi connectivity index (χ2n) is 2.65. The number of hydrogen-bond acceptors (Lipinski definition) is 4. The third-order valence-electron chi connectivity index (χ3n) is 1.82. The molecule has 0 aliphatic heterocycles. The predicted octanol–water partition coefficient (Wildman–Crippen LogP) is -1.20. The number of halogens is 1. The molecule has 0 aromatic heterocycles. The average Bonchev–Trinajstić information content (AvgIpc) is 1.92. The maximum Gasteiger partial charge on any atom is 1.00 e. The smallest absolute Gasteiger partial charge is 0.744 e. The Hall–Kier alpha value is 0.380. The van der Waals surface area contributed by atoms with Gasteiger partial charge in [-0.25, -0.2) is 8.42 Å². The summed E-state index contributed by atoms with van der Waals surface area (Å²) in [6.07, 6.45) is 0. The van der Waals surface area contributed by atoms with Gasteiger partial charge < -0.3 is 10.7 Å². The Kier molecular flexibility index (Phi) is 10.5. The SMILES string of the molecule is Cc1cccc(S(=O)(=O)[O-])c1C.Cl.N.[Na+]. The van der Waals surface area contributed by atoms with E-state index in [2.05, 4.69) is 0 Å². The molecule has 3 N–H and O–H groups in total. The Balaban J connectivity index is -0.000000480. The molecule has 0 unspecified atom stereocenters. The van der Waals surface area contributed by atoms with Crippen LogP contribution in [0.25, 0.3) is 0 Å². The minimum atomic E-state index is -4.31. The van der Waals surface area contributed by atoms with E-state index in [0.717, 1.165) is 5.56 Å². The van der Waals surface area contributed by atoms with E-state index in [9.17, 15) is 13.0 Å². The summed E-state index contributed by atoms with van der Waals surface area (Å²) in [6, 6.07) is 4.65. The van der Waals surface area contributed by atoms with Crippen LogP contribution in [0.15, 0.2) is 23.1 Å². The summed E-state index contributed by atoms with van der Waals surface area (Å²) in [5.41, 5.74) is 1.35. The van der Waals surface area contributed by atoms with Crippen LogP contribution in [0.1, 0.15) is 11.1 Å². The van der Waals surface area contributed by atoms with Crippen LogP contribution in [-0.4, -0.2) is 13.0 Å². The van der Waals surface area contributed by atoms with Crippen molar-refractivity contribution in [2.24, 2.45) is 0 Å². The zero-order chi connectivity index (χ0) is 9.35. The molecule has 82 valence electrons. The number of hydrogen-bond donors (Lipinski definition) is 1. The minimum Gasteiger partial charge on any atom is -0.744 e. The van der Waals surface area contributed by atoms with Crippen molar-refractivity contribution in [2.75, 3.05) is 0 Å². The molecule has 0 aliphatic rings. The van der Waals surface area contributed by atoms with Crippen LogP contribution in [0.2, 0.25) is 0 Å². The van der Waals surface area contributed by atoms with E-state index >= 15 is 0 Å². The van der Waals surface area contributed by atoms with E-state index in [1.807, 2.05) is 0 Å². The second-order valence-corrected chi connectivity index (χ2v) is 4.00. The van der Waals surface area contributed by atoms with Crippen LogP contribution in [0.3, 0.4) is 0 Å². The van der Waals surface area contributed by atoms with Gasteiger partial charge in [0, 0.05) is 0 Å². The van der Waals surface area contributed by atoms with E-state index in [1.165, 1.54) is 6.07 Å². The Morgan fingerprint density at radius 3 is 2.00 bits per heavy atom. The van der Waals surface area contributed by atoms with Gasteiger partial charge in [-0.3, -0.25) is 0 Å². The van der Waals surface area contributed by atoms with Gasteiger partial charge in [-0.2, -0.15) is 0 Å². The molecule has 15 heavy (non-hydrogen) atoms. The zero-order valence-electron chi connectivity index (χ0n) is 8.98. The molecule has 0 fully saturated rings. The Bertz CT molecular complexity index is 408. The summed E-state index contributed by atoms with van der Waals surface area (Å²) >= 11 is 0. The van der Waals surface area contributed by atoms with Crippen molar-refractivity contribution < 1.29 is 42.5 Å². The minimum absolute atomic E-state index is 0. The van der Waals surface area contributed by atoms with Crippen LogP contribution in [0.4, 0.5) is 0 Å². The molecule has 0 saturated carbocycles. The summed E-state index contributed by atoms with van der Waals surface area (Å²) in [7, 11) is -4.31. The van der Waals surface area contributed by atoms with Gasteiger partial charge in [-0.05, 0) is 31.0 Å². The molecule has 1 aromatic carbocycles. The van der Waals surface area contributed by atoms with Gasteiger partial charge in [0.25, 0.3) is 0 Å². The molecule has 0 bridgehead atoms. The van der Waals surface area contributed by atoms with Crippen LogP contribution in [0, 0.1) is 13.8 Å². The van der Waals surface area contributed by atoms with Gasteiger partial charge in [-0.1, -0.05) is 12.1 Å². The van der Waals surface area contributed by atoms with Crippen LogP contribution >= 0.6 is 12.4 Å². The Morgan fingerprint density at radius 1 is 1.20 bits per heavy atom. The fourth-order valence-electron chi connectivity index (χ4n) is 0.995. The first-order chi connectivity index (χ1) is 5.43. The zero-order valence-corrected chi connectivity index (χ0v) is 12.6. The van der Waals surface area contributed by atoms with E-state index in [0.29, 0.717) is 5.56 Å². The van der Waals surface area contributed by atoms with Crippen molar-refractivity contribution in [3.05, 3.63) is 29.3 Å². The normalized spacial score (nSPS) is 9.27. The predicted molar refractivity (Wildman–Crippen MR) is 56.1 cm³/mol. The summed E-state index contributed by atoms with van der Waals surface area (Å²) < 4.78 is 32.0. The summed E-state index contributed by atoms with van der Waals surface area (Å²) in [5, 5.41) is 0. The third-order valence-corrected chi connectivity index (χ3v) is 2.81. The molecule has 4 nitrogen and oxygen atoms in total.